The Balaban J connectivity index is 2.12. The quantitative estimate of drug-likeness (QED) is 0.893. The first-order valence-corrected chi connectivity index (χ1v) is 6.68. The van der Waals surface area contributed by atoms with Crippen molar-refractivity contribution in [2.45, 2.75) is 13.5 Å². The molecule has 0 atom stereocenters. The molecular weight excluding hydrogens is 306 g/mol. The molecule has 0 aliphatic carbocycles. The molecule has 19 heavy (non-hydrogen) atoms. The summed E-state index contributed by atoms with van der Waals surface area (Å²) in [4.78, 5) is 10.9. The fourth-order valence-electron chi connectivity index (χ4n) is 1.83. The molecule has 4 heteroatoms. The van der Waals surface area contributed by atoms with Crippen LogP contribution in [0, 0.1) is 6.92 Å². The molecule has 0 aromatic heterocycles. The van der Waals surface area contributed by atoms with Crippen molar-refractivity contribution in [1.29, 1.82) is 0 Å². The van der Waals surface area contributed by atoms with Crippen LogP contribution in [0.5, 0.6) is 0 Å². The van der Waals surface area contributed by atoms with Gasteiger partial charge in [0.15, 0.2) is 0 Å². The van der Waals surface area contributed by atoms with Gasteiger partial charge in [-0.3, -0.25) is 0 Å². The normalized spacial score (nSPS) is 10.2. The lowest BCUT2D eigenvalue weighted by molar-refractivity contribution is 0.0697. The maximum absolute atomic E-state index is 10.9. The Morgan fingerprint density at radius 2 is 2.00 bits per heavy atom. The minimum Gasteiger partial charge on any atom is -0.478 e. The Bertz CT molecular complexity index is 611. The van der Waals surface area contributed by atoms with Gasteiger partial charge in [-0.05, 0) is 42.3 Å². The monoisotopic (exact) mass is 319 g/mol. The van der Waals surface area contributed by atoms with E-state index in [-0.39, 0.29) is 0 Å². The maximum Gasteiger partial charge on any atom is 0.335 e. The highest BCUT2D eigenvalue weighted by atomic mass is 79.9. The molecule has 0 heterocycles. The highest BCUT2D eigenvalue weighted by molar-refractivity contribution is 9.10. The standard InChI is InChI=1S/C15H14BrNO2/c1-10-8-11(15(18)19)6-7-14(10)17-9-12-4-2-3-5-13(12)16/h2-8,17H,9H2,1H3,(H,18,19). The smallest absolute Gasteiger partial charge is 0.335 e. The lowest BCUT2D eigenvalue weighted by atomic mass is 10.1. The van der Waals surface area contributed by atoms with Gasteiger partial charge in [0.25, 0.3) is 0 Å². The summed E-state index contributed by atoms with van der Waals surface area (Å²) in [5.74, 6) is -0.902. The van der Waals surface area contributed by atoms with E-state index in [1.165, 1.54) is 0 Å². The van der Waals surface area contributed by atoms with Crippen molar-refractivity contribution in [1.82, 2.24) is 0 Å². The number of carboxylic acid groups (broad SMARTS) is 1. The van der Waals surface area contributed by atoms with Gasteiger partial charge < -0.3 is 10.4 Å². The van der Waals surface area contributed by atoms with E-state index in [0.717, 1.165) is 21.3 Å². The van der Waals surface area contributed by atoms with Gasteiger partial charge in [-0.1, -0.05) is 34.1 Å². The van der Waals surface area contributed by atoms with E-state index in [9.17, 15) is 4.79 Å². The first kappa shape index (κ1) is 13.6. The van der Waals surface area contributed by atoms with Gasteiger partial charge in [-0.2, -0.15) is 0 Å². The second kappa shape index (κ2) is 5.89. The number of anilines is 1. The van der Waals surface area contributed by atoms with E-state index in [2.05, 4.69) is 21.2 Å². The number of halogens is 1. The highest BCUT2D eigenvalue weighted by Gasteiger charge is 2.06. The van der Waals surface area contributed by atoms with E-state index in [0.29, 0.717) is 12.1 Å². The molecule has 0 unspecified atom stereocenters. The van der Waals surface area contributed by atoms with Crippen LogP contribution in [0.15, 0.2) is 46.9 Å². The van der Waals surface area contributed by atoms with Crippen molar-refractivity contribution in [2.24, 2.45) is 0 Å². The Hall–Kier alpha value is -1.81. The largest absolute Gasteiger partial charge is 0.478 e. The van der Waals surface area contributed by atoms with Crippen LogP contribution in [-0.4, -0.2) is 11.1 Å². The van der Waals surface area contributed by atoms with E-state index in [4.69, 9.17) is 5.11 Å². The molecule has 0 saturated carbocycles. The van der Waals surface area contributed by atoms with Crippen LogP contribution in [0.2, 0.25) is 0 Å². The number of rotatable bonds is 4. The third kappa shape index (κ3) is 3.35. The summed E-state index contributed by atoms with van der Waals surface area (Å²) >= 11 is 3.50. The molecule has 3 nitrogen and oxygen atoms in total. The van der Waals surface area contributed by atoms with E-state index < -0.39 is 5.97 Å². The van der Waals surface area contributed by atoms with Crippen LogP contribution < -0.4 is 5.32 Å². The Labute approximate surface area is 120 Å². The number of benzene rings is 2. The molecule has 2 N–H and O–H groups in total. The predicted molar refractivity (Wildman–Crippen MR) is 79.6 cm³/mol. The summed E-state index contributed by atoms with van der Waals surface area (Å²) in [6.07, 6.45) is 0. The van der Waals surface area contributed by atoms with Gasteiger partial charge in [-0.15, -0.1) is 0 Å². The summed E-state index contributed by atoms with van der Waals surface area (Å²) in [6, 6.07) is 13.1. The van der Waals surface area contributed by atoms with Crippen LogP contribution in [0.4, 0.5) is 5.69 Å². The van der Waals surface area contributed by atoms with Crippen molar-refractivity contribution in [3.63, 3.8) is 0 Å². The van der Waals surface area contributed by atoms with Gasteiger partial charge in [-0.25, -0.2) is 4.79 Å². The van der Waals surface area contributed by atoms with Gasteiger partial charge in [0.05, 0.1) is 5.56 Å². The first-order chi connectivity index (χ1) is 9.08. The van der Waals surface area contributed by atoms with Gasteiger partial charge in [0.1, 0.15) is 0 Å². The third-order valence-corrected chi connectivity index (χ3v) is 3.67. The zero-order valence-corrected chi connectivity index (χ0v) is 12.1. The molecule has 0 fully saturated rings. The number of nitrogens with one attached hydrogen (secondary N) is 1. The van der Waals surface area contributed by atoms with Crippen LogP contribution in [0.25, 0.3) is 0 Å². The topological polar surface area (TPSA) is 49.3 Å². The SMILES string of the molecule is Cc1cc(C(=O)O)ccc1NCc1ccccc1Br. The fourth-order valence-corrected chi connectivity index (χ4v) is 2.25. The molecule has 0 saturated heterocycles. The molecule has 0 amide bonds. The molecule has 0 radical (unpaired) electrons. The second-order valence-corrected chi connectivity index (χ2v) is 5.13. The molecule has 98 valence electrons. The lowest BCUT2D eigenvalue weighted by Gasteiger charge is -2.11. The summed E-state index contributed by atoms with van der Waals surface area (Å²) in [7, 11) is 0. The summed E-state index contributed by atoms with van der Waals surface area (Å²) < 4.78 is 1.06. The van der Waals surface area contributed by atoms with Crippen molar-refractivity contribution in [3.05, 3.63) is 63.6 Å². The number of hydrogen-bond acceptors (Lipinski definition) is 2. The first-order valence-electron chi connectivity index (χ1n) is 5.89. The lowest BCUT2D eigenvalue weighted by Crippen LogP contribution is -2.03. The van der Waals surface area contributed by atoms with E-state index in [1.54, 1.807) is 18.2 Å². The van der Waals surface area contributed by atoms with Crippen molar-refractivity contribution in [2.75, 3.05) is 5.32 Å². The minimum absolute atomic E-state index is 0.309. The van der Waals surface area contributed by atoms with Crippen LogP contribution in [-0.2, 0) is 6.54 Å². The van der Waals surface area contributed by atoms with Gasteiger partial charge in [0, 0.05) is 16.7 Å². The molecule has 0 aliphatic rings. The highest BCUT2D eigenvalue weighted by Crippen LogP contribution is 2.20. The average Bonchev–Trinajstić information content (AvgIpc) is 2.39. The fraction of sp³-hybridized carbons (Fsp3) is 0.133. The van der Waals surface area contributed by atoms with Crippen molar-refractivity contribution >= 4 is 27.6 Å². The van der Waals surface area contributed by atoms with Crippen molar-refractivity contribution < 1.29 is 9.90 Å². The molecule has 2 rings (SSSR count). The molecule has 0 aliphatic heterocycles. The number of carboxylic acids is 1. The van der Waals surface area contributed by atoms with Crippen LogP contribution in [0.3, 0.4) is 0 Å². The number of carbonyl (C=O) groups is 1. The maximum atomic E-state index is 10.9. The number of hydrogen-bond donors (Lipinski definition) is 2. The van der Waals surface area contributed by atoms with Crippen LogP contribution >= 0.6 is 15.9 Å². The van der Waals surface area contributed by atoms with E-state index >= 15 is 0 Å². The molecular formula is C15H14BrNO2. The number of aryl methyl sites for hydroxylation is 1. The minimum atomic E-state index is -0.902. The van der Waals surface area contributed by atoms with E-state index in [1.807, 2.05) is 31.2 Å². The zero-order valence-electron chi connectivity index (χ0n) is 10.5. The Kier molecular flexibility index (Phi) is 4.22. The molecule has 0 bridgehead atoms. The third-order valence-electron chi connectivity index (χ3n) is 2.90. The zero-order chi connectivity index (χ0) is 13.8. The predicted octanol–water partition coefficient (Wildman–Crippen LogP) is 4.07. The van der Waals surface area contributed by atoms with Gasteiger partial charge in [0.2, 0.25) is 0 Å². The Morgan fingerprint density at radius 3 is 2.63 bits per heavy atom. The molecule has 0 spiro atoms. The molecule has 2 aromatic carbocycles. The molecule has 2 aromatic rings. The summed E-state index contributed by atoms with van der Waals surface area (Å²) in [6.45, 7) is 2.59. The summed E-state index contributed by atoms with van der Waals surface area (Å²) in [5.41, 5.74) is 3.33. The van der Waals surface area contributed by atoms with Crippen molar-refractivity contribution in [3.8, 4) is 0 Å². The average molecular weight is 320 g/mol. The van der Waals surface area contributed by atoms with Gasteiger partial charge >= 0.3 is 5.97 Å². The number of aromatic carboxylic acids is 1. The second-order valence-electron chi connectivity index (χ2n) is 4.28. The van der Waals surface area contributed by atoms with Crippen LogP contribution in [0.1, 0.15) is 21.5 Å². The summed E-state index contributed by atoms with van der Waals surface area (Å²) in [5, 5.41) is 12.2. The Morgan fingerprint density at radius 1 is 1.26 bits per heavy atom.